The number of halogens is 4. The van der Waals surface area contributed by atoms with Gasteiger partial charge in [-0.3, -0.25) is 19.4 Å². The molecule has 2 aromatic carbocycles. The number of carbonyl (C=O) groups is 4. The molecule has 4 heterocycles. The predicted octanol–water partition coefficient (Wildman–Crippen LogP) is 2.87. The second-order valence-electron chi connectivity index (χ2n) is 9.55. The lowest BCUT2D eigenvalue weighted by molar-refractivity contribution is -0.120. The molecule has 2 atom stereocenters. The van der Waals surface area contributed by atoms with Crippen LogP contribution >= 0.6 is 38.8 Å². The zero-order valence-electron chi connectivity index (χ0n) is 52.7. The maximum atomic E-state index is 15.4. The summed E-state index contributed by atoms with van der Waals surface area (Å²) in [5.74, 6) is -10.1. The summed E-state index contributed by atoms with van der Waals surface area (Å²) in [6, 6.07) is 0.488. The average molecular weight is 869 g/mol. The van der Waals surface area contributed by atoms with Crippen molar-refractivity contribution in [3.8, 4) is 0 Å². The number of nitrogens with one attached hydrogen (secondary N) is 2. The van der Waals surface area contributed by atoms with Gasteiger partial charge in [0, 0.05) is 86.5 Å². The number of sulfone groups is 1. The number of rotatable bonds is 8. The number of amides is 4. The van der Waals surface area contributed by atoms with Gasteiger partial charge in [0.1, 0.15) is 23.5 Å². The van der Waals surface area contributed by atoms with Crippen molar-refractivity contribution in [2.75, 3.05) is 94.4 Å². The molecule has 22 heteroatoms. The van der Waals surface area contributed by atoms with Crippen molar-refractivity contribution in [1.82, 2.24) is 10.6 Å². The standard InChI is InChI=1S/C16H19F2N3O5S.C16H19F2N3O3S.2H2S/c1-10(22)19-8-12-9-21(16(23)26-12)11-6-13(17)15(14(18)7-11)20-2-4-27(24,25)5-3-20;1-10(22)19-8-12-9-21(16(23)24-12)11-6-13(17)15(14(18)7-11)20-2-4-25-5-3-20;;/h6-7,12H,2-5,8-9H2,1H3,(H,19,22);6-7,12H,2-5,8-9H2,1H3,(H,19,22);2*1H2/t2*12-;;/m00../s1/i2*2D2,3D2,4D2,5D2,8D2,9D2,12D;;. The molecule has 4 amide bonds. The number of nitrogens with zero attached hydrogens (tertiary/aromatic N) is 4. The van der Waals surface area contributed by atoms with E-state index < -0.39 is 177 Å². The van der Waals surface area contributed by atoms with Gasteiger partial charge >= 0.3 is 12.2 Å². The van der Waals surface area contributed by atoms with Gasteiger partial charge in [-0.2, -0.15) is 38.8 Å². The molecule has 14 nitrogen and oxygen atoms in total. The highest BCUT2D eigenvalue weighted by Gasteiger charge is 2.35. The first-order chi connectivity index (χ1) is 34.4. The van der Waals surface area contributed by atoms with E-state index in [1.54, 1.807) is 10.6 Å². The molecular formula is C32H42F4N6O8S4. The predicted molar refractivity (Wildman–Crippen MR) is 206 cm³/mol. The molecule has 2 aromatic rings. The fourth-order valence-corrected chi connectivity index (χ4v) is 4.61. The second-order valence-corrected chi connectivity index (χ2v) is 11.6. The number of benzene rings is 2. The first-order valence-electron chi connectivity index (χ1n) is 26.5. The smallest absolute Gasteiger partial charge is 0.414 e. The average Bonchev–Trinajstić information content (AvgIpc) is 3.52. The molecule has 4 fully saturated rings. The molecular weight excluding hydrogens is 801 g/mol. The first-order valence-corrected chi connectivity index (χ1v) is 15.8. The van der Waals surface area contributed by atoms with Crippen LogP contribution in [0, 0.1) is 23.3 Å². The van der Waals surface area contributed by atoms with E-state index in [-0.39, 0.29) is 72.8 Å². The Morgan fingerprint density at radius 3 is 1.48 bits per heavy atom. The Bertz CT molecular complexity index is 2910. The van der Waals surface area contributed by atoms with Crippen molar-refractivity contribution in [1.29, 1.82) is 0 Å². The number of cyclic esters (lactones) is 2. The van der Waals surface area contributed by atoms with Crippen molar-refractivity contribution in [3.05, 3.63) is 47.5 Å². The molecule has 0 saturated carbocycles. The van der Waals surface area contributed by atoms with Crippen LogP contribution in [0.15, 0.2) is 24.3 Å². The third kappa shape index (κ3) is 11.2. The molecule has 300 valence electrons. The van der Waals surface area contributed by atoms with E-state index in [9.17, 15) is 27.6 Å². The van der Waals surface area contributed by atoms with Crippen molar-refractivity contribution >= 4 is 95.3 Å². The number of hydrogen-bond donors (Lipinski definition) is 2. The summed E-state index contributed by atoms with van der Waals surface area (Å²) in [5, 5.41) is 3.18. The topological polar surface area (TPSA) is 158 Å². The van der Waals surface area contributed by atoms with Crippen LogP contribution < -0.4 is 30.2 Å². The van der Waals surface area contributed by atoms with E-state index in [0.717, 1.165) is 13.8 Å². The van der Waals surface area contributed by atoms with Crippen molar-refractivity contribution in [2.45, 2.75) is 26.0 Å². The van der Waals surface area contributed by atoms with Gasteiger partial charge in [0.25, 0.3) is 0 Å². The van der Waals surface area contributed by atoms with Gasteiger partial charge in [0.2, 0.25) is 11.8 Å². The van der Waals surface area contributed by atoms with Gasteiger partial charge in [-0.15, -0.1) is 0 Å². The summed E-state index contributed by atoms with van der Waals surface area (Å²) >= 11 is -0.376. The lowest BCUT2D eigenvalue weighted by atomic mass is 10.2. The summed E-state index contributed by atoms with van der Waals surface area (Å²) in [4.78, 5) is 46.2. The van der Waals surface area contributed by atoms with Crippen LogP contribution in [0.4, 0.5) is 49.9 Å². The number of ether oxygens (including phenoxy) is 2. The summed E-state index contributed by atoms with van der Waals surface area (Å²) < 4.78 is 302. The largest absolute Gasteiger partial charge is 0.442 e. The van der Waals surface area contributed by atoms with Crippen LogP contribution in [-0.2, 0) is 28.9 Å². The third-order valence-corrected chi connectivity index (χ3v) is 6.95. The van der Waals surface area contributed by atoms with Gasteiger partial charge in [-0.1, -0.05) is 0 Å². The monoisotopic (exact) mass is 868 g/mol. The Morgan fingerprint density at radius 1 is 0.778 bits per heavy atom. The minimum absolute atomic E-state index is 0. The molecule has 54 heavy (non-hydrogen) atoms. The zero-order valence-corrected chi connectivity index (χ0v) is 30.3. The van der Waals surface area contributed by atoms with Crippen LogP contribution in [0.25, 0.3) is 0 Å². The lowest BCUT2D eigenvalue weighted by Crippen LogP contribution is -2.41. The molecule has 0 spiro atoms. The Morgan fingerprint density at radius 2 is 1.13 bits per heavy atom. The Balaban J connectivity index is 0.000000410. The number of carbonyl (C=O) groups excluding carboxylic acids is 4. The van der Waals surface area contributed by atoms with Gasteiger partial charge in [-0.05, 0) is 0 Å². The SMILES string of the molecule is S.S.[2H]C1([2H])N(c2c(F)cc(N3C(=O)O[C@@]([2H])(C([2H])([2H])NC(C)=O)C3([2H])[2H])cc2F)C([2H])([2H])C([2H])([2H])S(=O)(=O)C1([2H])[2H].[2H]C1([2H])SC([2H])([2H])C([2H])([2H])N(c2c(F)cc(N3C(=O)O[C@@]([2H])(C([2H])([2H])NC(C)=O)C3([2H])[2H])cc2F)C1([2H])[2H]. The van der Waals surface area contributed by atoms with E-state index in [4.69, 9.17) is 35.6 Å². The van der Waals surface area contributed by atoms with Gasteiger partial charge in [0.15, 0.2) is 33.1 Å². The lowest BCUT2D eigenvalue weighted by Gasteiger charge is -2.29. The third-order valence-electron chi connectivity index (χ3n) is 5.84. The maximum absolute atomic E-state index is 15.4. The van der Waals surface area contributed by atoms with E-state index >= 15 is 17.6 Å². The fourth-order valence-electron chi connectivity index (χ4n) is 3.81. The molecule has 0 bridgehead atoms. The molecule has 0 unspecified atom stereocenters. The van der Waals surface area contributed by atoms with Crippen molar-refractivity contribution < 1.29 is 90.3 Å². The quantitative estimate of drug-likeness (QED) is 0.377. The van der Waals surface area contributed by atoms with Crippen LogP contribution in [0.2, 0.25) is 0 Å². The molecule has 0 radical (unpaired) electrons. The van der Waals surface area contributed by atoms with E-state index in [1.807, 2.05) is 0 Å². The fraction of sp³-hybridized carbons (Fsp3) is 0.500. The van der Waals surface area contributed by atoms with Gasteiger partial charge in [0.05, 0.1) is 73.4 Å². The zero-order chi connectivity index (χ0) is 61.1. The van der Waals surface area contributed by atoms with E-state index in [2.05, 4.69) is 9.47 Å². The van der Waals surface area contributed by atoms with Crippen LogP contribution in [-0.4, -0.2) is 119 Å². The number of anilines is 4. The molecule has 4 aliphatic rings. The highest BCUT2D eigenvalue weighted by molar-refractivity contribution is 7.99. The number of hydrogen-bond acceptors (Lipinski definition) is 11. The van der Waals surface area contributed by atoms with E-state index in [0.29, 0.717) is 0 Å². The Hall–Kier alpha value is -3.76. The summed E-state index contributed by atoms with van der Waals surface area (Å²) in [5.41, 5.74) is -20.7. The minimum Gasteiger partial charge on any atom is -0.442 e. The highest BCUT2D eigenvalue weighted by atomic mass is 32.2. The summed E-state index contributed by atoms with van der Waals surface area (Å²) in [6.07, 6.45) is -10.8. The molecule has 4 aliphatic heterocycles. The maximum Gasteiger partial charge on any atom is 0.414 e. The second kappa shape index (κ2) is 19.2. The summed E-state index contributed by atoms with van der Waals surface area (Å²) in [6.45, 7) is -27.8. The number of thioether (sulfide) groups is 1. The molecule has 6 rings (SSSR count). The normalized spacial score (nSPS) is 40.2. The van der Waals surface area contributed by atoms with Crippen LogP contribution in [0.5, 0.6) is 0 Å². The Labute approximate surface area is 364 Å². The van der Waals surface area contributed by atoms with Crippen LogP contribution in [0.3, 0.4) is 0 Å². The highest BCUT2D eigenvalue weighted by Crippen LogP contribution is 2.33. The van der Waals surface area contributed by atoms with Gasteiger partial charge in [-0.25, -0.2) is 35.6 Å². The molecule has 0 aliphatic carbocycles. The van der Waals surface area contributed by atoms with E-state index in [1.165, 1.54) is 0 Å². The first kappa shape index (κ1) is 19.9. The molecule has 4 saturated heterocycles. The van der Waals surface area contributed by atoms with Gasteiger partial charge < -0.3 is 29.9 Å². The summed E-state index contributed by atoms with van der Waals surface area (Å²) in [7, 11) is -5.98. The van der Waals surface area contributed by atoms with Crippen molar-refractivity contribution in [2.24, 2.45) is 0 Å². The Kier molecular flexibility index (Phi) is 7.08. The molecule has 2 N–H and O–H groups in total. The molecule has 0 aromatic heterocycles. The minimum atomic E-state index is -5.98. The van der Waals surface area contributed by atoms with Crippen molar-refractivity contribution in [3.63, 3.8) is 0 Å². The van der Waals surface area contributed by atoms with Crippen LogP contribution in [0.1, 0.15) is 49.5 Å².